The zero-order chi connectivity index (χ0) is 18.6. The van der Waals surface area contributed by atoms with Crippen LogP contribution in [0.1, 0.15) is 20.9 Å². The lowest BCUT2D eigenvalue weighted by Crippen LogP contribution is -2.48. The standard InChI is InChI=1S/C21H23N3O2S/c1-26-15-16-5-4-6-17(13-16)21(25)24-11-9-23(10-12-24)14-20-22-18-7-2-3-8-19(18)27-20/h2-8,13H,9-12,14-15H2,1H3. The van der Waals surface area contributed by atoms with Crippen LogP contribution in [-0.2, 0) is 17.9 Å². The number of aromatic nitrogens is 1. The number of amides is 1. The summed E-state index contributed by atoms with van der Waals surface area (Å²) in [7, 11) is 1.67. The van der Waals surface area contributed by atoms with Crippen molar-refractivity contribution in [1.82, 2.24) is 14.8 Å². The number of carbonyl (C=O) groups is 1. The van der Waals surface area contributed by atoms with E-state index in [4.69, 9.17) is 9.72 Å². The average Bonchev–Trinajstić information content (AvgIpc) is 3.11. The van der Waals surface area contributed by atoms with Crippen LogP contribution in [0.4, 0.5) is 0 Å². The van der Waals surface area contributed by atoms with Crippen LogP contribution in [0, 0.1) is 0 Å². The molecule has 2 aromatic carbocycles. The van der Waals surface area contributed by atoms with Gasteiger partial charge in [-0.05, 0) is 29.8 Å². The second-order valence-corrected chi connectivity index (χ2v) is 7.89. The van der Waals surface area contributed by atoms with E-state index in [-0.39, 0.29) is 5.91 Å². The first kappa shape index (κ1) is 18.1. The Hall–Kier alpha value is -2.28. The van der Waals surface area contributed by atoms with Gasteiger partial charge in [-0.2, -0.15) is 0 Å². The summed E-state index contributed by atoms with van der Waals surface area (Å²) in [5.74, 6) is 0.104. The molecule has 6 heteroatoms. The summed E-state index contributed by atoms with van der Waals surface area (Å²) in [5.41, 5.74) is 2.84. The summed E-state index contributed by atoms with van der Waals surface area (Å²) in [5, 5.41) is 1.14. The van der Waals surface area contributed by atoms with Gasteiger partial charge in [-0.3, -0.25) is 9.69 Å². The Morgan fingerprint density at radius 3 is 2.70 bits per heavy atom. The van der Waals surface area contributed by atoms with E-state index >= 15 is 0 Å². The van der Waals surface area contributed by atoms with Crippen LogP contribution in [-0.4, -0.2) is 54.0 Å². The van der Waals surface area contributed by atoms with Gasteiger partial charge in [0.05, 0.1) is 23.4 Å². The van der Waals surface area contributed by atoms with Crippen molar-refractivity contribution >= 4 is 27.5 Å². The highest BCUT2D eigenvalue weighted by Crippen LogP contribution is 2.23. The second-order valence-electron chi connectivity index (χ2n) is 6.78. The lowest BCUT2D eigenvalue weighted by molar-refractivity contribution is 0.0628. The molecule has 1 amide bonds. The fourth-order valence-electron chi connectivity index (χ4n) is 3.43. The van der Waals surface area contributed by atoms with Gasteiger partial charge in [0.1, 0.15) is 5.01 Å². The van der Waals surface area contributed by atoms with E-state index in [9.17, 15) is 4.79 Å². The van der Waals surface area contributed by atoms with Crippen LogP contribution < -0.4 is 0 Å². The normalized spacial score (nSPS) is 15.4. The van der Waals surface area contributed by atoms with Crippen LogP contribution in [0.3, 0.4) is 0 Å². The summed E-state index contributed by atoms with van der Waals surface area (Å²) < 4.78 is 6.40. The topological polar surface area (TPSA) is 45.7 Å². The number of hydrogen-bond donors (Lipinski definition) is 0. The van der Waals surface area contributed by atoms with Gasteiger partial charge < -0.3 is 9.64 Å². The molecule has 1 aliphatic rings. The maximum absolute atomic E-state index is 12.8. The first-order valence-corrected chi connectivity index (χ1v) is 9.98. The van der Waals surface area contributed by atoms with E-state index in [1.807, 2.05) is 35.2 Å². The highest BCUT2D eigenvalue weighted by atomic mass is 32.1. The molecule has 0 N–H and O–H groups in total. The van der Waals surface area contributed by atoms with E-state index in [1.165, 1.54) is 4.70 Å². The maximum atomic E-state index is 12.8. The van der Waals surface area contributed by atoms with Gasteiger partial charge in [-0.1, -0.05) is 24.3 Å². The monoisotopic (exact) mass is 381 g/mol. The summed E-state index contributed by atoms with van der Waals surface area (Å²) in [4.78, 5) is 21.8. The Balaban J connectivity index is 1.35. The van der Waals surface area contributed by atoms with Crippen molar-refractivity contribution in [2.75, 3.05) is 33.3 Å². The predicted octanol–water partition coefficient (Wildman–Crippen LogP) is 3.40. The first-order valence-electron chi connectivity index (χ1n) is 9.17. The number of carbonyl (C=O) groups excluding carboxylic acids is 1. The Morgan fingerprint density at radius 2 is 1.93 bits per heavy atom. The van der Waals surface area contributed by atoms with Gasteiger partial charge in [-0.15, -0.1) is 11.3 Å². The molecule has 140 valence electrons. The fourth-order valence-corrected chi connectivity index (χ4v) is 4.44. The average molecular weight is 382 g/mol. The smallest absolute Gasteiger partial charge is 0.253 e. The van der Waals surface area contributed by atoms with Gasteiger partial charge in [0, 0.05) is 38.9 Å². The molecule has 5 nitrogen and oxygen atoms in total. The van der Waals surface area contributed by atoms with Crippen molar-refractivity contribution in [3.8, 4) is 0 Å². The van der Waals surface area contributed by atoms with Crippen molar-refractivity contribution in [2.45, 2.75) is 13.2 Å². The third-order valence-electron chi connectivity index (χ3n) is 4.84. The third kappa shape index (κ3) is 4.18. The zero-order valence-electron chi connectivity index (χ0n) is 15.4. The van der Waals surface area contributed by atoms with Crippen molar-refractivity contribution in [1.29, 1.82) is 0 Å². The zero-order valence-corrected chi connectivity index (χ0v) is 16.2. The number of thiazole rings is 1. The quantitative estimate of drug-likeness (QED) is 0.680. The molecule has 3 aromatic rings. The molecule has 27 heavy (non-hydrogen) atoms. The molecule has 0 aliphatic carbocycles. The molecule has 0 bridgehead atoms. The van der Waals surface area contributed by atoms with E-state index < -0.39 is 0 Å². The molecule has 0 unspecified atom stereocenters. The largest absolute Gasteiger partial charge is 0.380 e. The minimum atomic E-state index is 0.104. The van der Waals surface area contributed by atoms with Crippen LogP contribution in [0.25, 0.3) is 10.2 Å². The summed E-state index contributed by atoms with van der Waals surface area (Å²) in [6.07, 6.45) is 0. The lowest BCUT2D eigenvalue weighted by atomic mass is 10.1. The molecule has 1 aromatic heterocycles. The van der Waals surface area contributed by atoms with Gasteiger partial charge in [-0.25, -0.2) is 4.98 Å². The number of fused-ring (bicyclic) bond motifs is 1. The minimum absolute atomic E-state index is 0.104. The van der Waals surface area contributed by atoms with E-state index in [0.29, 0.717) is 6.61 Å². The van der Waals surface area contributed by atoms with Crippen LogP contribution >= 0.6 is 11.3 Å². The number of piperazine rings is 1. The van der Waals surface area contributed by atoms with Gasteiger partial charge in [0.25, 0.3) is 5.91 Å². The van der Waals surface area contributed by atoms with Crippen molar-refractivity contribution in [2.24, 2.45) is 0 Å². The second kappa shape index (κ2) is 8.17. The molecule has 0 saturated carbocycles. The fraction of sp³-hybridized carbons (Fsp3) is 0.333. The van der Waals surface area contributed by atoms with E-state index in [1.54, 1.807) is 18.4 Å². The Morgan fingerprint density at radius 1 is 1.11 bits per heavy atom. The number of methoxy groups -OCH3 is 1. The van der Waals surface area contributed by atoms with Gasteiger partial charge in [0.15, 0.2) is 0 Å². The van der Waals surface area contributed by atoms with Gasteiger partial charge >= 0.3 is 0 Å². The maximum Gasteiger partial charge on any atom is 0.253 e. The molecule has 2 heterocycles. The first-order chi connectivity index (χ1) is 13.2. The molecule has 0 spiro atoms. The number of hydrogen-bond acceptors (Lipinski definition) is 5. The molecule has 1 saturated heterocycles. The summed E-state index contributed by atoms with van der Waals surface area (Å²) in [6.45, 7) is 4.62. The molecule has 0 radical (unpaired) electrons. The van der Waals surface area contributed by atoms with Crippen molar-refractivity contribution in [3.63, 3.8) is 0 Å². The molecule has 1 fully saturated rings. The van der Waals surface area contributed by atoms with Crippen molar-refractivity contribution in [3.05, 3.63) is 64.7 Å². The number of ether oxygens (including phenoxy) is 1. The van der Waals surface area contributed by atoms with E-state index in [2.05, 4.69) is 23.1 Å². The highest BCUT2D eigenvalue weighted by molar-refractivity contribution is 7.18. The predicted molar refractivity (Wildman–Crippen MR) is 108 cm³/mol. The van der Waals surface area contributed by atoms with Crippen LogP contribution in [0.15, 0.2) is 48.5 Å². The van der Waals surface area contributed by atoms with Gasteiger partial charge in [0.2, 0.25) is 0 Å². The number of rotatable bonds is 5. The number of para-hydroxylation sites is 1. The lowest BCUT2D eigenvalue weighted by Gasteiger charge is -2.34. The third-order valence-corrected chi connectivity index (χ3v) is 5.86. The molecular weight excluding hydrogens is 358 g/mol. The number of benzene rings is 2. The minimum Gasteiger partial charge on any atom is -0.380 e. The van der Waals surface area contributed by atoms with E-state index in [0.717, 1.165) is 54.4 Å². The summed E-state index contributed by atoms with van der Waals surface area (Å²) >= 11 is 1.76. The van der Waals surface area contributed by atoms with Crippen molar-refractivity contribution < 1.29 is 9.53 Å². The molecule has 1 aliphatic heterocycles. The molecular formula is C21H23N3O2S. The van der Waals surface area contributed by atoms with Crippen LogP contribution in [0.5, 0.6) is 0 Å². The Bertz CT molecular complexity index is 899. The Labute approximate surface area is 163 Å². The number of nitrogens with zero attached hydrogens (tertiary/aromatic N) is 3. The Kier molecular flexibility index (Phi) is 5.48. The summed E-state index contributed by atoms with van der Waals surface area (Å²) in [6, 6.07) is 16.0. The van der Waals surface area contributed by atoms with Crippen LogP contribution in [0.2, 0.25) is 0 Å². The molecule has 4 rings (SSSR count). The highest BCUT2D eigenvalue weighted by Gasteiger charge is 2.23. The SMILES string of the molecule is COCc1cccc(C(=O)N2CCN(Cc3nc4ccccc4s3)CC2)c1. The molecule has 0 atom stereocenters.